The van der Waals surface area contributed by atoms with Gasteiger partial charge in [0.05, 0.1) is 24.7 Å². The number of rotatable bonds is 6. The Morgan fingerprint density at radius 2 is 1.74 bits per heavy atom. The normalized spacial score (nSPS) is 11.1. The first-order chi connectivity index (χ1) is 17.1. The quantitative estimate of drug-likeness (QED) is 0.258. The van der Waals surface area contributed by atoms with Gasteiger partial charge in [-0.25, -0.2) is 10.1 Å². The highest BCUT2D eigenvalue weighted by Gasteiger charge is 2.18. The highest BCUT2D eigenvalue weighted by atomic mass is 16.5. The van der Waals surface area contributed by atoms with Crippen molar-refractivity contribution in [3.8, 4) is 22.7 Å². The molecular formula is C29H24N4O2. The number of benzene rings is 4. The van der Waals surface area contributed by atoms with Crippen LogP contribution in [0.15, 0.2) is 102 Å². The first-order valence-electron chi connectivity index (χ1n) is 11.2. The van der Waals surface area contributed by atoms with E-state index in [1.165, 1.54) is 0 Å². The molecule has 1 N–H and O–H groups in total. The summed E-state index contributed by atoms with van der Waals surface area (Å²) in [5, 5.41) is 11.0. The lowest BCUT2D eigenvalue weighted by molar-refractivity contribution is 0.0949. The Balaban J connectivity index is 1.52. The van der Waals surface area contributed by atoms with Gasteiger partial charge in [0.1, 0.15) is 5.75 Å². The molecule has 4 aromatic carbocycles. The van der Waals surface area contributed by atoms with Crippen molar-refractivity contribution in [3.05, 3.63) is 114 Å². The molecule has 0 unspecified atom stereocenters. The summed E-state index contributed by atoms with van der Waals surface area (Å²) in [5.74, 6) is 0.328. The number of ether oxygens (including phenoxy) is 1. The molecular weight excluding hydrogens is 436 g/mol. The summed E-state index contributed by atoms with van der Waals surface area (Å²) in [5.41, 5.74) is 7.49. The van der Waals surface area contributed by atoms with Crippen LogP contribution in [0.1, 0.15) is 21.6 Å². The van der Waals surface area contributed by atoms with E-state index >= 15 is 0 Å². The summed E-state index contributed by atoms with van der Waals surface area (Å²) >= 11 is 0. The minimum absolute atomic E-state index is 0.275. The van der Waals surface area contributed by atoms with E-state index in [1.807, 2.05) is 84.4 Å². The van der Waals surface area contributed by atoms with E-state index in [9.17, 15) is 4.79 Å². The zero-order valence-corrected chi connectivity index (χ0v) is 19.5. The van der Waals surface area contributed by atoms with Crippen LogP contribution >= 0.6 is 0 Å². The predicted molar refractivity (Wildman–Crippen MR) is 139 cm³/mol. The molecule has 0 atom stereocenters. The molecule has 35 heavy (non-hydrogen) atoms. The van der Waals surface area contributed by atoms with Gasteiger partial charge in [0, 0.05) is 5.56 Å². The SMILES string of the molecule is COc1cccc(/C=N\NC(=O)c2cc(-c3cccc4ccccc34)n(-c3cccc(C)c3)n2)c1. The minimum Gasteiger partial charge on any atom is -0.497 e. The van der Waals surface area contributed by atoms with Crippen LogP contribution in [-0.2, 0) is 0 Å². The van der Waals surface area contributed by atoms with Crippen LogP contribution in [0.25, 0.3) is 27.7 Å². The molecule has 1 heterocycles. The summed E-state index contributed by atoms with van der Waals surface area (Å²) in [6, 6.07) is 31.6. The maximum atomic E-state index is 13.0. The van der Waals surface area contributed by atoms with Crippen molar-refractivity contribution >= 4 is 22.9 Å². The van der Waals surface area contributed by atoms with Crippen LogP contribution in [0, 0.1) is 6.92 Å². The molecule has 0 radical (unpaired) electrons. The summed E-state index contributed by atoms with van der Waals surface area (Å²) in [6.45, 7) is 2.03. The predicted octanol–water partition coefficient (Wildman–Crippen LogP) is 5.77. The van der Waals surface area contributed by atoms with Gasteiger partial charge in [-0.1, -0.05) is 66.7 Å². The number of nitrogens with one attached hydrogen (secondary N) is 1. The van der Waals surface area contributed by atoms with Crippen molar-refractivity contribution in [3.63, 3.8) is 0 Å². The number of aromatic nitrogens is 2. The van der Waals surface area contributed by atoms with Crippen molar-refractivity contribution < 1.29 is 9.53 Å². The van der Waals surface area contributed by atoms with E-state index in [1.54, 1.807) is 19.4 Å². The fourth-order valence-electron chi connectivity index (χ4n) is 4.03. The number of hydrazone groups is 1. The first-order valence-corrected chi connectivity index (χ1v) is 11.2. The molecule has 0 aliphatic carbocycles. The maximum Gasteiger partial charge on any atom is 0.291 e. The average molecular weight is 461 g/mol. The van der Waals surface area contributed by atoms with E-state index in [0.717, 1.165) is 44.6 Å². The Morgan fingerprint density at radius 1 is 0.943 bits per heavy atom. The molecule has 0 fully saturated rings. The van der Waals surface area contributed by atoms with Crippen LogP contribution in [0.4, 0.5) is 0 Å². The van der Waals surface area contributed by atoms with E-state index in [4.69, 9.17) is 4.74 Å². The molecule has 5 rings (SSSR count). The molecule has 1 aromatic heterocycles. The highest BCUT2D eigenvalue weighted by Crippen LogP contribution is 2.31. The Kier molecular flexibility index (Phi) is 6.09. The highest BCUT2D eigenvalue weighted by molar-refractivity contribution is 5.99. The molecule has 172 valence electrons. The van der Waals surface area contributed by atoms with Gasteiger partial charge in [-0.2, -0.15) is 10.2 Å². The monoisotopic (exact) mass is 460 g/mol. The third-order valence-electron chi connectivity index (χ3n) is 5.73. The third-order valence-corrected chi connectivity index (χ3v) is 5.73. The number of hydrogen-bond donors (Lipinski definition) is 1. The molecule has 0 aliphatic heterocycles. The number of methoxy groups -OCH3 is 1. The fraction of sp³-hybridized carbons (Fsp3) is 0.0690. The van der Waals surface area contributed by atoms with Crippen molar-refractivity contribution in [1.29, 1.82) is 0 Å². The molecule has 0 saturated heterocycles. The molecule has 6 heteroatoms. The van der Waals surface area contributed by atoms with Crippen LogP contribution in [0.2, 0.25) is 0 Å². The van der Waals surface area contributed by atoms with Crippen molar-refractivity contribution in [2.75, 3.05) is 7.11 Å². The number of hydrogen-bond acceptors (Lipinski definition) is 4. The zero-order valence-electron chi connectivity index (χ0n) is 19.5. The second-order valence-electron chi connectivity index (χ2n) is 8.17. The summed E-state index contributed by atoms with van der Waals surface area (Å²) < 4.78 is 7.04. The van der Waals surface area contributed by atoms with Crippen LogP contribution < -0.4 is 10.2 Å². The van der Waals surface area contributed by atoms with Gasteiger partial charge in [0.15, 0.2) is 5.69 Å². The first kappa shape index (κ1) is 22.1. The van der Waals surface area contributed by atoms with Crippen LogP contribution in [-0.4, -0.2) is 29.0 Å². The Hall–Kier alpha value is -4.71. The Morgan fingerprint density at radius 3 is 2.60 bits per heavy atom. The molecule has 5 aromatic rings. The van der Waals surface area contributed by atoms with E-state index < -0.39 is 5.91 Å². The molecule has 0 aliphatic rings. The van der Waals surface area contributed by atoms with Gasteiger partial charge in [-0.3, -0.25) is 4.79 Å². The van der Waals surface area contributed by atoms with E-state index in [0.29, 0.717) is 0 Å². The molecule has 6 nitrogen and oxygen atoms in total. The maximum absolute atomic E-state index is 13.0. The van der Waals surface area contributed by atoms with Gasteiger partial charge >= 0.3 is 0 Å². The second-order valence-corrected chi connectivity index (χ2v) is 8.17. The smallest absolute Gasteiger partial charge is 0.291 e. The van der Waals surface area contributed by atoms with E-state index in [-0.39, 0.29) is 5.69 Å². The van der Waals surface area contributed by atoms with Gasteiger partial charge in [0.25, 0.3) is 5.91 Å². The van der Waals surface area contributed by atoms with Crippen LogP contribution in [0.3, 0.4) is 0 Å². The topological polar surface area (TPSA) is 68.5 Å². The number of carbonyl (C=O) groups is 1. The molecule has 1 amide bonds. The molecule has 0 bridgehead atoms. The van der Waals surface area contributed by atoms with Crippen LogP contribution in [0.5, 0.6) is 5.75 Å². The second kappa shape index (κ2) is 9.65. The average Bonchev–Trinajstić information content (AvgIpc) is 3.34. The number of aryl methyl sites for hydroxylation is 1. The van der Waals surface area contributed by atoms with Crippen molar-refractivity contribution in [1.82, 2.24) is 15.2 Å². The van der Waals surface area contributed by atoms with Gasteiger partial charge in [0.2, 0.25) is 0 Å². The molecule has 0 spiro atoms. The largest absolute Gasteiger partial charge is 0.497 e. The summed E-state index contributed by atoms with van der Waals surface area (Å²) in [4.78, 5) is 13.0. The van der Waals surface area contributed by atoms with Crippen molar-refractivity contribution in [2.24, 2.45) is 5.10 Å². The summed E-state index contributed by atoms with van der Waals surface area (Å²) in [6.07, 6.45) is 1.57. The Bertz CT molecular complexity index is 1550. The zero-order chi connectivity index (χ0) is 24.2. The lowest BCUT2D eigenvalue weighted by Gasteiger charge is -2.10. The van der Waals surface area contributed by atoms with E-state index in [2.05, 4.69) is 33.8 Å². The van der Waals surface area contributed by atoms with Gasteiger partial charge in [-0.05, 0) is 59.2 Å². The number of amides is 1. The minimum atomic E-state index is -0.392. The number of nitrogens with zero attached hydrogens (tertiary/aromatic N) is 3. The van der Waals surface area contributed by atoms with Gasteiger partial charge < -0.3 is 4.74 Å². The summed E-state index contributed by atoms with van der Waals surface area (Å²) in [7, 11) is 1.61. The third kappa shape index (κ3) is 4.68. The lowest BCUT2D eigenvalue weighted by Crippen LogP contribution is -2.18. The standard InChI is InChI=1S/C29H24N4O2/c1-20-8-5-12-23(16-20)33-28(26-15-7-11-22-10-3-4-14-25(22)26)18-27(32-33)29(34)31-30-19-21-9-6-13-24(17-21)35-2/h3-19H,1-2H3,(H,31,34)/b30-19-. The lowest BCUT2D eigenvalue weighted by atomic mass is 10.0. The Labute approximate surface area is 203 Å². The number of carbonyl (C=O) groups excluding carboxylic acids is 1. The fourth-order valence-corrected chi connectivity index (χ4v) is 4.03. The molecule has 0 saturated carbocycles. The van der Waals surface area contributed by atoms with Crippen molar-refractivity contribution in [2.45, 2.75) is 6.92 Å². The number of fused-ring (bicyclic) bond motifs is 1. The van der Waals surface area contributed by atoms with Gasteiger partial charge in [-0.15, -0.1) is 0 Å².